The average Bonchev–Trinajstić information content (AvgIpc) is 3.61. The Morgan fingerprint density at radius 1 is 1.22 bits per heavy atom. The van der Waals surface area contributed by atoms with Crippen molar-refractivity contribution in [2.75, 3.05) is 5.73 Å². The number of benzene rings is 1. The summed E-state index contributed by atoms with van der Waals surface area (Å²) in [7, 11) is 0. The number of tetrazole rings is 1. The number of carbonyl (C=O) groups is 1. The molecule has 3 N–H and O–H groups in total. The van der Waals surface area contributed by atoms with Gasteiger partial charge in [-0.25, -0.2) is 14.4 Å². The molecule has 1 amide bonds. The van der Waals surface area contributed by atoms with Crippen LogP contribution in [0, 0.1) is 11.8 Å². The third-order valence-corrected chi connectivity index (χ3v) is 6.79. The lowest BCUT2D eigenvalue weighted by Gasteiger charge is -2.33. The summed E-state index contributed by atoms with van der Waals surface area (Å²) in [6.45, 7) is 0. The van der Waals surface area contributed by atoms with Crippen molar-refractivity contribution in [3.8, 4) is 16.9 Å². The van der Waals surface area contributed by atoms with Crippen molar-refractivity contribution in [1.82, 2.24) is 40.1 Å². The molecule has 6 rings (SSSR count). The third kappa shape index (κ3) is 3.61. The third-order valence-electron chi connectivity index (χ3n) is 6.50. The van der Waals surface area contributed by atoms with E-state index >= 15 is 4.39 Å². The first-order valence-corrected chi connectivity index (χ1v) is 11.4. The fourth-order valence-electron chi connectivity index (χ4n) is 4.92. The monoisotopic (exact) mass is 510 g/mol. The van der Waals surface area contributed by atoms with Crippen LogP contribution in [0.1, 0.15) is 38.1 Å². The van der Waals surface area contributed by atoms with Crippen LogP contribution in [0.2, 0.25) is 5.02 Å². The summed E-state index contributed by atoms with van der Waals surface area (Å²) in [6.07, 6.45) is 4.10. The first kappa shape index (κ1) is 21.1. The SMILES string of the molecule is [2H]c1nc([C@H]2CCC3CC(c4c(-n5cnnn5)ccc(Cl)c4F)=CC(=O)N32)[nH]c1-c1ccc(N)nc1F. The molecule has 13 heteroatoms. The number of nitrogens with zero attached hydrogens (tertiary/aromatic N) is 7. The summed E-state index contributed by atoms with van der Waals surface area (Å²) in [5.74, 6) is -1.43. The highest BCUT2D eigenvalue weighted by Crippen LogP contribution is 2.44. The minimum absolute atomic E-state index is 0.0204. The van der Waals surface area contributed by atoms with Crippen LogP contribution in [-0.2, 0) is 4.79 Å². The zero-order valence-electron chi connectivity index (χ0n) is 19.5. The summed E-state index contributed by atoms with van der Waals surface area (Å²) >= 11 is 6.08. The van der Waals surface area contributed by atoms with Gasteiger partial charge in [0.2, 0.25) is 11.9 Å². The lowest BCUT2D eigenvalue weighted by Crippen LogP contribution is -2.39. The van der Waals surface area contributed by atoms with Crippen LogP contribution in [-0.4, -0.2) is 52.0 Å². The molecule has 0 radical (unpaired) electrons. The Kier molecular flexibility index (Phi) is 4.98. The molecule has 5 heterocycles. The smallest absolute Gasteiger partial charge is 0.247 e. The van der Waals surface area contributed by atoms with Gasteiger partial charge in [-0.1, -0.05) is 11.6 Å². The minimum Gasteiger partial charge on any atom is -0.384 e. The molecule has 3 aromatic heterocycles. The van der Waals surface area contributed by atoms with Crippen molar-refractivity contribution in [2.24, 2.45) is 0 Å². The maximum Gasteiger partial charge on any atom is 0.247 e. The molecule has 0 saturated carbocycles. The van der Waals surface area contributed by atoms with Crippen LogP contribution in [0.4, 0.5) is 14.6 Å². The number of H-pyrrole nitrogens is 1. The van der Waals surface area contributed by atoms with E-state index in [0.29, 0.717) is 36.3 Å². The van der Waals surface area contributed by atoms with E-state index in [4.69, 9.17) is 18.7 Å². The lowest BCUT2D eigenvalue weighted by atomic mass is 9.92. The Labute approximate surface area is 209 Å². The quantitative estimate of drug-likeness (QED) is 0.402. The van der Waals surface area contributed by atoms with Crippen molar-refractivity contribution >= 4 is 28.9 Å². The van der Waals surface area contributed by atoms with E-state index in [9.17, 15) is 9.18 Å². The molecule has 2 atom stereocenters. The number of rotatable bonds is 4. The summed E-state index contributed by atoms with van der Waals surface area (Å²) in [4.78, 5) is 25.9. The molecule has 1 aromatic carbocycles. The first-order valence-electron chi connectivity index (χ1n) is 11.5. The number of amides is 1. The van der Waals surface area contributed by atoms with Gasteiger partial charge >= 0.3 is 0 Å². The van der Waals surface area contributed by atoms with E-state index in [0.717, 1.165) is 0 Å². The van der Waals surface area contributed by atoms with Gasteiger partial charge in [0.1, 0.15) is 18.0 Å². The number of halogens is 3. The van der Waals surface area contributed by atoms with Crippen LogP contribution in [0.25, 0.3) is 22.5 Å². The molecule has 1 unspecified atom stereocenters. The Hall–Kier alpha value is -4.19. The standard InChI is InChI=1S/C23H18ClF2N9O/c24-14-3-5-16(34-10-29-32-33-34)20(21(14)25)11-7-12-1-4-17(35(12)19(36)8-11)23-28-9-15(30-23)13-2-6-18(27)31-22(13)26/h2-3,5-6,8-10,12,17H,1,4,7H2,(H2,27,31)(H,28,30)/t12?,17-/m1/s1/i9D. The topological polar surface area (TPSA) is 132 Å². The van der Waals surface area contributed by atoms with Gasteiger partial charge in [0.25, 0.3) is 0 Å². The summed E-state index contributed by atoms with van der Waals surface area (Å²) < 4.78 is 39.2. The average molecular weight is 511 g/mol. The molecule has 0 aliphatic carbocycles. The maximum absolute atomic E-state index is 15.3. The molecule has 36 heavy (non-hydrogen) atoms. The Balaban J connectivity index is 1.35. The normalized spacial score (nSPS) is 19.9. The maximum atomic E-state index is 15.3. The highest BCUT2D eigenvalue weighted by atomic mass is 35.5. The van der Waals surface area contributed by atoms with E-state index in [1.165, 1.54) is 35.3 Å². The van der Waals surface area contributed by atoms with E-state index in [1.807, 2.05) is 0 Å². The molecule has 1 fully saturated rings. The van der Waals surface area contributed by atoms with Crippen LogP contribution in [0.15, 0.2) is 42.8 Å². The summed E-state index contributed by atoms with van der Waals surface area (Å²) in [5, 5.41) is 11.0. The summed E-state index contributed by atoms with van der Waals surface area (Å²) in [6, 6.07) is 5.16. The number of hydrogen-bond donors (Lipinski definition) is 2. The molecule has 2 aliphatic heterocycles. The number of nitrogens with one attached hydrogen (secondary N) is 1. The van der Waals surface area contributed by atoms with Gasteiger partial charge < -0.3 is 15.6 Å². The molecule has 182 valence electrons. The van der Waals surface area contributed by atoms with Gasteiger partial charge in [-0.3, -0.25) is 4.79 Å². The summed E-state index contributed by atoms with van der Waals surface area (Å²) in [5.41, 5.74) is 6.75. The van der Waals surface area contributed by atoms with Crippen LogP contribution in [0.5, 0.6) is 0 Å². The van der Waals surface area contributed by atoms with E-state index in [1.54, 1.807) is 11.0 Å². The first-order chi connectivity index (χ1) is 17.8. The Morgan fingerprint density at radius 3 is 2.86 bits per heavy atom. The largest absolute Gasteiger partial charge is 0.384 e. The fraction of sp³-hybridized carbons (Fsp3) is 0.217. The number of nitrogen functional groups attached to an aromatic ring is 1. The van der Waals surface area contributed by atoms with Gasteiger partial charge in [-0.2, -0.15) is 9.07 Å². The van der Waals surface area contributed by atoms with Crippen LogP contribution < -0.4 is 5.73 Å². The van der Waals surface area contributed by atoms with E-state index in [-0.39, 0.29) is 45.8 Å². The number of imidazole rings is 1. The van der Waals surface area contributed by atoms with Crippen LogP contribution >= 0.6 is 11.6 Å². The second kappa shape index (κ2) is 8.48. The number of aromatic amines is 1. The molecular formula is C23H18ClF2N9O. The van der Waals surface area contributed by atoms with E-state index in [2.05, 4.69) is 30.5 Å². The van der Waals surface area contributed by atoms with Gasteiger partial charge in [0, 0.05) is 17.7 Å². The second-order valence-corrected chi connectivity index (χ2v) is 8.97. The molecule has 0 spiro atoms. The zero-order valence-corrected chi connectivity index (χ0v) is 19.2. The van der Waals surface area contributed by atoms with Gasteiger partial charge in [0.15, 0.2) is 5.82 Å². The molecule has 2 aliphatic rings. The molecule has 10 nitrogen and oxygen atoms in total. The predicted octanol–water partition coefficient (Wildman–Crippen LogP) is 3.48. The highest BCUT2D eigenvalue weighted by Gasteiger charge is 2.42. The number of hydrogen-bond acceptors (Lipinski definition) is 7. The predicted molar refractivity (Wildman–Crippen MR) is 126 cm³/mol. The number of pyridine rings is 1. The van der Waals surface area contributed by atoms with Gasteiger partial charge in [0.05, 0.1) is 35.6 Å². The fourth-order valence-corrected chi connectivity index (χ4v) is 5.08. The molecular weight excluding hydrogens is 492 g/mol. The van der Waals surface area contributed by atoms with Crippen molar-refractivity contribution in [3.63, 3.8) is 0 Å². The van der Waals surface area contributed by atoms with Gasteiger partial charge in [-0.15, -0.1) is 5.10 Å². The zero-order chi connectivity index (χ0) is 25.8. The van der Waals surface area contributed by atoms with E-state index < -0.39 is 17.8 Å². The van der Waals surface area contributed by atoms with Gasteiger partial charge in [-0.05, 0) is 59.5 Å². The molecule has 1 saturated heterocycles. The number of carbonyl (C=O) groups excluding carboxylic acids is 1. The number of nitrogens with two attached hydrogens (primary N) is 1. The van der Waals surface area contributed by atoms with Crippen molar-refractivity contribution in [2.45, 2.75) is 31.3 Å². The number of aromatic nitrogens is 7. The van der Waals surface area contributed by atoms with Crippen molar-refractivity contribution in [3.05, 3.63) is 71.0 Å². The highest BCUT2D eigenvalue weighted by molar-refractivity contribution is 6.31. The lowest BCUT2D eigenvalue weighted by molar-refractivity contribution is -0.129. The van der Waals surface area contributed by atoms with Crippen molar-refractivity contribution in [1.29, 1.82) is 0 Å². The minimum atomic E-state index is -0.823. The van der Waals surface area contributed by atoms with Crippen LogP contribution in [0.3, 0.4) is 0 Å². The molecule has 0 bridgehead atoms. The Bertz CT molecular complexity index is 1570. The Morgan fingerprint density at radius 2 is 2.08 bits per heavy atom. The number of anilines is 1. The molecule has 4 aromatic rings. The second-order valence-electron chi connectivity index (χ2n) is 8.56. The number of fused-ring (bicyclic) bond motifs is 1. The van der Waals surface area contributed by atoms with Crippen molar-refractivity contribution < 1.29 is 14.9 Å².